The number of aromatic nitrogens is 2. The first-order chi connectivity index (χ1) is 12.6. The Morgan fingerprint density at radius 3 is 2.77 bits per heavy atom. The highest BCUT2D eigenvalue weighted by Crippen LogP contribution is 2.21. The molecule has 0 aliphatic rings. The Kier molecular flexibility index (Phi) is 6.20. The molecule has 0 saturated heterocycles. The van der Waals surface area contributed by atoms with Crippen LogP contribution in [0.4, 0.5) is 5.13 Å². The second kappa shape index (κ2) is 8.58. The smallest absolute Gasteiger partial charge is 0.250 e. The molecule has 2 aromatic heterocycles. The van der Waals surface area contributed by atoms with Gasteiger partial charge in [-0.25, -0.2) is 18.1 Å². The Morgan fingerprint density at radius 1 is 1.15 bits per heavy atom. The van der Waals surface area contributed by atoms with Crippen LogP contribution in [0.25, 0.3) is 0 Å². The first kappa shape index (κ1) is 18.8. The number of rotatable bonds is 9. The minimum atomic E-state index is -3.43. The lowest BCUT2D eigenvalue weighted by atomic mass is 10.1. The molecule has 3 rings (SSSR count). The van der Waals surface area contributed by atoms with Crippen LogP contribution in [0.5, 0.6) is 5.75 Å². The zero-order chi connectivity index (χ0) is 18.4. The summed E-state index contributed by atoms with van der Waals surface area (Å²) >= 11 is 2.44. The molecular weight excluding hydrogens is 392 g/mol. The van der Waals surface area contributed by atoms with Crippen LogP contribution < -0.4 is 14.8 Å². The fraction of sp³-hybridized carbons (Fsp3) is 0.250. The number of hydrogen-bond acceptors (Lipinski definition) is 8. The normalized spacial score (nSPS) is 11.4. The van der Waals surface area contributed by atoms with Gasteiger partial charge in [0.05, 0.1) is 7.11 Å². The molecule has 0 amide bonds. The van der Waals surface area contributed by atoms with Crippen molar-refractivity contribution >= 4 is 38.0 Å². The van der Waals surface area contributed by atoms with Crippen molar-refractivity contribution in [3.63, 3.8) is 0 Å². The predicted octanol–water partition coefficient (Wildman–Crippen LogP) is 2.59. The summed E-state index contributed by atoms with van der Waals surface area (Å²) in [6.07, 6.45) is 0.577. The van der Waals surface area contributed by atoms with Crippen LogP contribution >= 0.6 is 22.9 Å². The van der Waals surface area contributed by atoms with Crippen LogP contribution in [0.3, 0.4) is 0 Å². The number of nitrogens with zero attached hydrogens (tertiary/aromatic N) is 2. The van der Waals surface area contributed by atoms with Crippen molar-refractivity contribution in [2.24, 2.45) is 0 Å². The molecule has 0 fully saturated rings. The maximum Gasteiger partial charge on any atom is 0.250 e. The number of ether oxygens (including phenoxy) is 1. The second-order valence-corrected chi connectivity index (χ2v) is 8.95. The van der Waals surface area contributed by atoms with E-state index in [1.165, 1.54) is 22.9 Å². The SMILES string of the molecule is COc1ccccc1Cc1nsc(NCCNS(=O)(=O)c2cccs2)n1. The van der Waals surface area contributed by atoms with E-state index in [4.69, 9.17) is 4.74 Å². The highest BCUT2D eigenvalue weighted by atomic mass is 32.2. The van der Waals surface area contributed by atoms with Gasteiger partial charge in [0.1, 0.15) is 15.8 Å². The molecule has 26 heavy (non-hydrogen) atoms. The quantitative estimate of drug-likeness (QED) is 0.527. The second-order valence-electron chi connectivity index (χ2n) is 5.26. The van der Waals surface area contributed by atoms with E-state index >= 15 is 0 Å². The summed E-state index contributed by atoms with van der Waals surface area (Å²) in [4.78, 5) is 4.43. The average molecular weight is 411 g/mol. The zero-order valence-electron chi connectivity index (χ0n) is 14.0. The van der Waals surface area contributed by atoms with E-state index in [2.05, 4.69) is 19.4 Å². The molecule has 0 aliphatic carbocycles. The molecule has 3 aromatic rings. The molecule has 138 valence electrons. The lowest BCUT2D eigenvalue weighted by Gasteiger charge is -2.06. The molecule has 0 saturated carbocycles. The predicted molar refractivity (Wildman–Crippen MR) is 104 cm³/mol. The number of anilines is 1. The van der Waals surface area contributed by atoms with Crippen LogP contribution in [-0.4, -0.2) is 38.0 Å². The molecular formula is C16H18N4O3S3. The largest absolute Gasteiger partial charge is 0.496 e. The van der Waals surface area contributed by atoms with Crippen molar-refractivity contribution in [1.29, 1.82) is 0 Å². The zero-order valence-corrected chi connectivity index (χ0v) is 16.5. The number of benzene rings is 1. The summed E-state index contributed by atoms with van der Waals surface area (Å²) in [5.74, 6) is 1.50. The number of thiophene rings is 1. The minimum absolute atomic E-state index is 0.266. The van der Waals surface area contributed by atoms with Gasteiger partial charge < -0.3 is 10.1 Å². The van der Waals surface area contributed by atoms with Gasteiger partial charge in [0.15, 0.2) is 0 Å². The third-order valence-electron chi connectivity index (χ3n) is 3.46. The summed E-state index contributed by atoms with van der Waals surface area (Å²) in [7, 11) is -1.80. The average Bonchev–Trinajstić information content (AvgIpc) is 3.32. The summed E-state index contributed by atoms with van der Waals surface area (Å²) in [6.45, 7) is 0.690. The van der Waals surface area contributed by atoms with Gasteiger partial charge in [-0.2, -0.15) is 4.37 Å². The van der Waals surface area contributed by atoms with Crippen molar-refractivity contribution in [1.82, 2.24) is 14.1 Å². The van der Waals surface area contributed by atoms with E-state index in [9.17, 15) is 8.42 Å². The van der Waals surface area contributed by atoms with Crippen LogP contribution in [0.2, 0.25) is 0 Å². The Hall–Kier alpha value is -2.01. The number of hydrogen-bond donors (Lipinski definition) is 2. The Morgan fingerprint density at radius 2 is 2.00 bits per heavy atom. The van der Waals surface area contributed by atoms with Crippen LogP contribution in [-0.2, 0) is 16.4 Å². The number of para-hydroxylation sites is 1. The highest BCUT2D eigenvalue weighted by Gasteiger charge is 2.14. The molecule has 2 N–H and O–H groups in total. The van der Waals surface area contributed by atoms with Gasteiger partial charge in [0.2, 0.25) is 15.2 Å². The Balaban J connectivity index is 1.50. The molecule has 0 atom stereocenters. The third kappa shape index (κ3) is 4.79. The van der Waals surface area contributed by atoms with E-state index in [0.717, 1.165) is 11.3 Å². The molecule has 1 aromatic carbocycles. The number of nitrogens with one attached hydrogen (secondary N) is 2. The van der Waals surface area contributed by atoms with Gasteiger partial charge in [-0.15, -0.1) is 11.3 Å². The van der Waals surface area contributed by atoms with Gasteiger partial charge in [-0.05, 0) is 17.5 Å². The monoisotopic (exact) mass is 410 g/mol. The fourth-order valence-electron chi connectivity index (χ4n) is 2.26. The molecule has 10 heteroatoms. The summed E-state index contributed by atoms with van der Waals surface area (Å²) in [5.41, 5.74) is 1.02. The van der Waals surface area contributed by atoms with Crippen molar-refractivity contribution in [3.8, 4) is 5.75 Å². The van der Waals surface area contributed by atoms with Crippen LogP contribution in [0, 0.1) is 0 Å². The van der Waals surface area contributed by atoms with Crippen LogP contribution in [0.1, 0.15) is 11.4 Å². The lowest BCUT2D eigenvalue weighted by molar-refractivity contribution is 0.410. The summed E-state index contributed by atoms with van der Waals surface area (Å²) in [5, 5.41) is 5.48. The fourth-order valence-corrected chi connectivity index (χ4v) is 4.94. The maximum absolute atomic E-state index is 12.0. The minimum Gasteiger partial charge on any atom is -0.496 e. The first-order valence-electron chi connectivity index (χ1n) is 7.80. The topological polar surface area (TPSA) is 93.2 Å². The van der Waals surface area contributed by atoms with E-state index in [1.54, 1.807) is 24.6 Å². The van der Waals surface area contributed by atoms with Crippen molar-refractivity contribution < 1.29 is 13.2 Å². The van der Waals surface area contributed by atoms with E-state index in [0.29, 0.717) is 28.1 Å². The molecule has 2 heterocycles. The molecule has 0 bridgehead atoms. The Bertz CT molecular complexity index is 939. The molecule has 0 spiro atoms. The maximum atomic E-state index is 12.0. The molecule has 0 radical (unpaired) electrons. The first-order valence-corrected chi connectivity index (χ1v) is 10.9. The van der Waals surface area contributed by atoms with E-state index < -0.39 is 10.0 Å². The number of methoxy groups -OCH3 is 1. The van der Waals surface area contributed by atoms with Gasteiger partial charge in [0, 0.05) is 36.6 Å². The number of sulfonamides is 1. The van der Waals surface area contributed by atoms with Crippen molar-refractivity contribution in [3.05, 3.63) is 53.2 Å². The molecule has 0 unspecified atom stereocenters. The van der Waals surface area contributed by atoms with E-state index in [-0.39, 0.29) is 6.54 Å². The highest BCUT2D eigenvalue weighted by molar-refractivity contribution is 7.91. The van der Waals surface area contributed by atoms with Gasteiger partial charge in [-0.1, -0.05) is 24.3 Å². The van der Waals surface area contributed by atoms with Crippen LogP contribution in [0.15, 0.2) is 46.0 Å². The van der Waals surface area contributed by atoms with Gasteiger partial charge in [-0.3, -0.25) is 0 Å². The molecule has 0 aliphatic heterocycles. The lowest BCUT2D eigenvalue weighted by Crippen LogP contribution is -2.28. The van der Waals surface area contributed by atoms with Gasteiger partial charge in [0.25, 0.3) is 0 Å². The van der Waals surface area contributed by atoms with Gasteiger partial charge >= 0.3 is 0 Å². The molecule has 7 nitrogen and oxygen atoms in total. The van der Waals surface area contributed by atoms with Crippen molar-refractivity contribution in [2.75, 3.05) is 25.5 Å². The van der Waals surface area contributed by atoms with E-state index in [1.807, 2.05) is 24.3 Å². The van der Waals surface area contributed by atoms with Crippen molar-refractivity contribution in [2.45, 2.75) is 10.6 Å². The standard InChI is InChI=1S/C16H18N4O3S3/c1-23-13-6-3-2-5-12(13)11-14-19-16(25-20-14)17-8-9-18-26(21,22)15-7-4-10-24-15/h2-7,10,18H,8-9,11H2,1H3,(H,17,19,20). The summed E-state index contributed by atoms with van der Waals surface area (Å²) < 4.78 is 36.5. The Labute approximate surface area is 160 Å². The summed E-state index contributed by atoms with van der Waals surface area (Å²) in [6, 6.07) is 11.0. The third-order valence-corrected chi connectivity index (χ3v) is 7.03.